The molecule has 1 heterocycles. The number of nitrogens with zero attached hydrogens (tertiary/aromatic N) is 2. The molecule has 2 amide bonds. The molecule has 0 unspecified atom stereocenters. The van der Waals surface area contributed by atoms with Crippen LogP contribution in [-0.2, 0) is 14.3 Å². The van der Waals surface area contributed by atoms with Gasteiger partial charge in [0.25, 0.3) is 5.91 Å². The standard InChI is InChI=1S/C18H24N2O4/c1-3-24-17(22)8-7-16(21)19-9-11-20(12-10-19)18(23)15-6-4-5-14(2)13-15/h4-6,13H,3,7-12H2,1-2H3. The third-order valence-electron chi connectivity index (χ3n) is 4.03. The van der Waals surface area contributed by atoms with Gasteiger partial charge in [-0.3, -0.25) is 14.4 Å². The van der Waals surface area contributed by atoms with E-state index >= 15 is 0 Å². The topological polar surface area (TPSA) is 66.9 Å². The van der Waals surface area contributed by atoms with Crippen molar-refractivity contribution in [1.82, 2.24) is 9.80 Å². The molecule has 130 valence electrons. The van der Waals surface area contributed by atoms with Gasteiger partial charge < -0.3 is 14.5 Å². The van der Waals surface area contributed by atoms with Crippen molar-refractivity contribution in [3.05, 3.63) is 35.4 Å². The van der Waals surface area contributed by atoms with Gasteiger partial charge in [-0.15, -0.1) is 0 Å². The minimum Gasteiger partial charge on any atom is -0.466 e. The van der Waals surface area contributed by atoms with E-state index in [-0.39, 0.29) is 30.6 Å². The van der Waals surface area contributed by atoms with Gasteiger partial charge in [0.2, 0.25) is 5.91 Å². The SMILES string of the molecule is CCOC(=O)CCC(=O)N1CCN(C(=O)c2cccc(C)c2)CC1. The van der Waals surface area contributed by atoms with Gasteiger partial charge in [0.05, 0.1) is 13.0 Å². The lowest BCUT2D eigenvalue weighted by Gasteiger charge is -2.35. The maximum Gasteiger partial charge on any atom is 0.306 e. The third-order valence-corrected chi connectivity index (χ3v) is 4.03. The monoisotopic (exact) mass is 332 g/mol. The van der Waals surface area contributed by atoms with E-state index in [0.717, 1.165) is 5.56 Å². The normalized spacial score (nSPS) is 14.4. The second-order valence-corrected chi connectivity index (χ2v) is 5.85. The Balaban J connectivity index is 1.81. The van der Waals surface area contributed by atoms with Crippen LogP contribution in [-0.4, -0.2) is 60.4 Å². The Morgan fingerprint density at radius 3 is 2.33 bits per heavy atom. The van der Waals surface area contributed by atoms with E-state index in [0.29, 0.717) is 38.3 Å². The predicted octanol–water partition coefficient (Wildman–Crippen LogP) is 1.62. The van der Waals surface area contributed by atoms with Gasteiger partial charge in [-0.1, -0.05) is 17.7 Å². The summed E-state index contributed by atoms with van der Waals surface area (Å²) in [6.45, 7) is 6.04. The van der Waals surface area contributed by atoms with Gasteiger partial charge in [-0.25, -0.2) is 0 Å². The maximum atomic E-state index is 12.5. The van der Waals surface area contributed by atoms with E-state index in [9.17, 15) is 14.4 Å². The van der Waals surface area contributed by atoms with Crippen LogP contribution < -0.4 is 0 Å². The Morgan fingerprint density at radius 2 is 1.71 bits per heavy atom. The van der Waals surface area contributed by atoms with Crippen LogP contribution in [0.2, 0.25) is 0 Å². The first-order valence-corrected chi connectivity index (χ1v) is 8.30. The first-order chi connectivity index (χ1) is 11.5. The van der Waals surface area contributed by atoms with E-state index in [1.165, 1.54) is 0 Å². The smallest absolute Gasteiger partial charge is 0.306 e. The van der Waals surface area contributed by atoms with Gasteiger partial charge in [0.15, 0.2) is 0 Å². The summed E-state index contributed by atoms with van der Waals surface area (Å²) in [6.07, 6.45) is 0.264. The summed E-state index contributed by atoms with van der Waals surface area (Å²) >= 11 is 0. The average Bonchev–Trinajstić information content (AvgIpc) is 2.59. The molecule has 6 nitrogen and oxygen atoms in total. The molecule has 0 atom stereocenters. The van der Waals surface area contributed by atoms with Crippen LogP contribution in [0.3, 0.4) is 0 Å². The van der Waals surface area contributed by atoms with Crippen molar-refractivity contribution >= 4 is 17.8 Å². The molecule has 6 heteroatoms. The molecule has 24 heavy (non-hydrogen) atoms. The quantitative estimate of drug-likeness (QED) is 0.769. The zero-order valence-electron chi connectivity index (χ0n) is 14.3. The molecule has 1 fully saturated rings. The molecule has 1 aliphatic rings. The zero-order chi connectivity index (χ0) is 17.5. The average molecular weight is 332 g/mol. The molecule has 0 saturated carbocycles. The Kier molecular flexibility index (Phi) is 6.35. The first-order valence-electron chi connectivity index (χ1n) is 8.30. The molecule has 2 rings (SSSR count). The second kappa shape index (κ2) is 8.47. The van der Waals surface area contributed by atoms with Gasteiger partial charge in [0, 0.05) is 38.2 Å². The lowest BCUT2D eigenvalue weighted by molar-refractivity contribution is -0.146. The number of rotatable bonds is 5. The molecule has 0 aliphatic carbocycles. The fourth-order valence-electron chi connectivity index (χ4n) is 2.72. The van der Waals surface area contributed by atoms with Crippen molar-refractivity contribution in [2.24, 2.45) is 0 Å². The Bertz CT molecular complexity index is 607. The first kappa shape index (κ1) is 18.0. The van der Waals surface area contributed by atoms with E-state index in [1.54, 1.807) is 16.7 Å². The maximum absolute atomic E-state index is 12.5. The summed E-state index contributed by atoms with van der Waals surface area (Å²) in [7, 11) is 0. The number of hydrogen-bond donors (Lipinski definition) is 0. The van der Waals surface area contributed by atoms with Gasteiger partial charge >= 0.3 is 5.97 Å². The lowest BCUT2D eigenvalue weighted by atomic mass is 10.1. The molecule has 1 aromatic carbocycles. The van der Waals surface area contributed by atoms with Gasteiger partial charge in [-0.05, 0) is 26.0 Å². The van der Waals surface area contributed by atoms with Crippen molar-refractivity contribution in [2.75, 3.05) is 32.8 Å². The number of esters is 1. The molecule has 1 aromatic rings. The number of amides is 2. The van der Waals surface area contributed by atoms with Crippen LogP contribution in [0.25, 0.3) is 0 Å². The third kappa shape index (κ3) is 4.81. The molecule has 0 aromatic heterocycles. The summed E-state index contributed by atoms with van der Waals surface area (Å²) < 4.78 is 4.82. The summed E-state index contributed by atoms with van der Waals surface area (Å²) in [5.41, 5.74) is 1.73. The molecule has 0 radical (unpaired) electrons. The van der Waals surface area contributed by atoms with E-state index in [2.05, 4.69) is 0 Å². The fourth-order valence-corrected chi connectivity index (χ4v) is 2.72. The molecular formula is C18H24N2O4. The second-order valence-electron chi connectivity index (χ2n) is 5.85. The number of ether oxygens (including phenoxy) is 1. The van der Waals surface area contributed by atoms with Crippen molar-refractivity contribution in [3.63, 3.8) is 0 Å². The van der Waals surface area contributed by atoms with Crippen LogP contribution in [0.15, 0.2) is 24.3 Å². The molecule has 0 spiro atoms. The number of hydrogen-bond acceptors (Lipinski definition) is 4. The number of carbonyl (C=O) groups excluding carboxylic acids is 3. The largest absolute Gasteiger partial charge is 0.466 e. The van der Waals surface area contributed by atoms with Crippen LogP contribution >= 0.6 is 0 Å². The lowest BCUT2D eigenvalue weighted by Crippen LogP contribution is -2.50. The summed E-state index contributed by atoms with van der Waals surface area (Å²) in [4.78, 5) is 39.4. The van der Waals surface area contributed by atoms with Crippen LogP contribution in [0.1, 0.15) is 35.7 Å². The highest BCUT2D eigenvalue weighted by molar-refractivity contribution is 5.94. The molecule has 0 N–H and O–H groups in total. The van der Waals surface area contributed by atoms with Crippen LogP contribution in [0, 0.1) is 6.92 Å². The van der Waals surface area contributed by atoms with Crippen LogP contribution in [0.4, 0.5) is 0 Å². The van der Waals surface area contributed by atoms with Gasteiger partial charge in [-0.2, -0.15) is 0 Å². The Hall–Kier alpha value is -2.37. The molecule has 1 saturated heterocycles. The highest BCUT2D eigenvalue weighted by atomic mass is 16.5. The number of benzene rings is 1. The minimum atomic E-state index is -0.348. The van der Waals surface area contributed by atoms with Gasteiger partial charge in [0.1, 0.15) is 0 Å². The number of aryl methyl sites for hydroxylation is 1. The molecule has 0 bridgehead atoms. The van der Waals surface area contributed by atoms with Crippen molar-refractivity contribution < 1.29 is 19.1 Å². The Labute approximate surface area is 142 Å². The predicted molar refractivity (Wildman–Crippen MR) is 89.5 cm³/mol. The van der Waals surface area contributed by atoms with Crippen molar-refractivity contribution in [3.8, 4) is 0 Å². The summed E-state index contributed by atoms with van der Waals surface area (Å²) in [5.74, 6) is -0.415. The fraction of sp³-hybridized carbons (Fsp3) is 0.500. The molecule has 1 aliphatic heterocycles. The highest BCUT2D eigenvalue weighted by Gasteiger charge is 2.25. The summed E-state index contributed by atoms with van der Waals surface area (Å²) in [6, 6.07) is 7.51. The minimum absolute atomic E-state index is 0.00248. The van der Waals surface area contributed by atoms with E-state index in [1.807, 2.05) is 31.2 Å². The summed E-state index contributed by atoms with van der Waals surface area (Å²) in [5, 5.41) is 0. The highest BCUT2D eigenvalue weighted by Crippen LogP contribution is 2.11. The van der Waals surface area contributed by atoms with E-state index < -0.39 is 0 Å². The number of piperazine rings is 1. The van der Waals surface area contributed by atoms with Crippen LogP contribution in [0.5, 0.6) is 0 Å². The van der Waals surface area contributed by atoms with Crippen molar-refractivity contribution in [1.29, 1.82) is 0 Å². The molecular weight excluding hydrogens is 308 g/mol. The number of carbonyl (C=O) groups is 3. The van der Waals surface area contributed by atoms with Crippen molar-refractivity contribution in [2.45, 2.75) is 26.7 Å². The van der Waals surface area contributed by atoms with E-state index in [4.69, 9.17) is 4.74 Å². The zero-order valence-corrected chi connectivity index (χ0v) is 14.3. The Morgan fingerprint density at radius 1 is 1.04 bits per heavy atom.